The topological polar surface area (TPSA) is 64.0 Å². The number of benzene rings is 1. The van der Waals surface area contributed by atoms with Crippen molar-refractivity contribution in [1.29, 1.82) is 0 Å². The van der Waals surface area contributed by atoms with Gasteiger partial charge in [-0.2, -0.15) is 0 Å². The molecule has 0 spiro atoms. The number of carbonyl (C=O) groups is 2. The van der Waals surface area contributed by atoms with Gasteiger partial charge in [0.25, 0.3) is 0 Å². The molecular formula is C16H21N3O2. The number of para-hydroxylation sites is 2. The van der Waals surface area contributed by atoms with Gasteiger partial charge >= 0.3 is 0 Å². The lowest BCUT2D eigenvalue weighted by Crippen LogP contribution is -2.38. The van der Waals surface area contributed by atoms with Crippen LogP contribution in [0.4, 0.5) is 0 Å². The van der Waals surface area contributed by atoms with E-state index in [1.54, 1.807) is 13.3 Å². The maximum atomic E-state index is 12.2. The van der Waals surface area contributed by atoms with Gasteiger partial charge in [0.15, 0.2) is 5.78 Å². The molecule has 0 aliphatic heterocycles. The van der Waals surface area contributed by atoms with E-state index in [9.17, 15) is 9.59 Å². The fraction of sp³-hybridized carbons (Fsp3) is 0.438. The molecule has 1 amide bonds. The van der Waals surface area contributed by atoms with Crippen molar-refractivity contribution in [2.75, 3.05) is 6.54 Å². The summed E-state index contributed by atoms with van der Waals surface area (Å²) in [5.74, 6) is -0.172. The number of fused-ring (bicyclic) bond motifs is 1. The van der Waals surface area contributed by atoms with E-state index in [4.69, 9.17) is 0 Å². The lowest BCUT2D eigenvalue weighted by molar-refractivity contribution is -0.130. The van der Waals surface area contributed by atoms with Crippen LogP contribution in [0.1, 0.15) is 33.7 Å². The van der Waals surface area contributed by atoms with Crippen molar-refractivity contribution >= 4 is 22.7 Å². The zero-order valence-electron chi connectivity index (χ0n) is 12.9. The van der Waals surface area contributed by atoms with E-state index < -0.39 is 11.5 Å². The fourth-order valence-electron chi connectivity index (χ4n) is 1.99. The number of rotatable bonds is 4. The first-order chi connectivity index (χ1) is 9.80. The number of carbonyl (C=O) groups excluding carboxylic acids is 2. The quantitative estimate of drug-likeness (QED) is 0.938. The number of hydrogen-bond acceptors (Lipinski definition) is 3. The second-order valence-electron chi connectivity index (χ2n) is 6.21. The molecule has 2 rings (SSSR count). The molecule has 0 saturated carbocycles. The van der Waals surface area contributed by atoms with Crippen molar-refractivity contribution in [3.05, 3.63) is 30.6 Å². The molecule has 1 aromatic carbocycles. The van der Waals surface area contributed by atoms with Crippen molar-refractivity contribution < 1.29 is 9.59 Å². The van der Waals surface area contributed by atoms with Gasteiger partial charge in [0, 0.05) is 5.41 Å². The molecule has 1 heterocycles. The highest BCUT2D eigenvalue weighted by Gasteiger charge is 2.23. The summed E-state index contributed by atoms with van der Waals surface area (Å²) < 4.78 is 1.81. The maximum Gasteiger partial charge on any atom is 0.243 e. The number of hydrogen-bond donors (Lipinski definition) is 1. The molecule has 5 nitrogen and oxygen atoms in total. The summed E-state index contributed by atoms with van der Waals surface area (Å²) in [5, 5.41) is 2.70. The molecule has 5 heteroatoms. The number of ketones is 1. The van der Waals surface area contributed by atoms with Crippen LogP contribution >= 0.6 is 0 Å². The number of aromatic nitrogens is 2. The molecule has 1 unspecified atom stereocenters. The Morgan fingerprint density at radius 3 is 2.62 bits per heavy atom. The van der Waals surface area contributed by atoms with Gasteiger partial charge in [-0.05, 0) is 19.1 Å². The maximum absolute atomic E-state index is 12.2. The fourth-order valence-corrected chi connectivity index (χ4v) is 1.99. The highest BCUT2D eigenvalue weighted by molar-refractivity contribution is 5.90. The first-order valence-electron chi connectivity index (χ1n) is 7.03. The van der Waals surface area contributed by atoms with E-state index in [0.29, 0.717) is 0 Å². The Hall–Kier alpha value is -2.17. The van der Waals surface area contributed by atoms with E-state index in [1.807, 2.05) is 49.6 Å². The number of nitrogens with one attached hydrogen (secondary N) is 1. The zero-order chi connectivity index (χ0) is 15.6. The van der Waals surface area contributed by atoms with Gasteiger partial charge < -0.3 is 9.88 Å². The Morgan fingerprint density at radius 2 is 1.95 bits per heavy atom. The standard InChI is InChI=1S/C16H21N3O2/c1-11(15(21)17-9-14(20)16(2,3)4)19-10-18-12-7-5-6-8-13(12)19/h5-8,10-11H,9H2,1-4H3,(H,17,21). The van der Waals surface area contributed by atoms with Gasteiger partial charge in [-0.3, -0.25) is 9.59 Å². The highest BCUT2D eigenvalue weighted by atomic mass is 16.2. The van der Waals surface area contributed by atoms with Crippen LogP contribution in [0.25, 0.3) is 11.0 Å². The molecule has 0 radical (unpaired) electrons. The zero-order valence-corrected chi connectivity index (χ0v) is 12.9. The Bertz CT molecular complexity index is 667. The monoisotopic (exact) mass is 287 g/mol. The van der Waals surface area contributed by atoms with Gasteiger partial charge in [0.1, 0.15) is 6.04 Å². The molecule has 1 atom stereocenters. The van der Waals surface area contributed by atoms with Crippen molar-refractivity contribution in [1.82, 2.24) is 14.9 Å². The molecule has 1 N–H and O–H groups in total. The van der Waals surface area contributed by atoms with Crippen molar-refractivity contribution in [2.45, 2.75) is 33.7 Å². The second kappa shape index (κ2) is 5.68. The van der Waals surface area contributed by atoms with Gasteiger partial charge in [-0.1, -0.05) is 32.9 Å². The van der Waals surface area contributed by atoms with Crippen LogP contribution in [-0.4, -0.2) is 27.8 Å². The highest BCUT2D eigenvalue weighted by Crippen LogP contribution is 2.18. The van der Waals surface area contributed by atoms with E-state index in [2.05, 4.69) is 10.3 Å². The number of nitrogens with zero attached hydrogens (tertiary/aromatic N) is 2. The normalized spacial score (nSPS) is 13.1. The minimum Gasteiger partial charge on any atom is -0.347 e. The molecular weight excluding hydrogens is 266 g/mol. The van der Waals surface area contributed by atoms with Crippen molar-refractivity contribution in [2.24, 2.45) is 5.41 Å². The number of amides is 1. The summed E-state index contributed by atoms with van der Waals surface area (Å²) in [5.41, 5.74) is 1.31. The predicted octanol–water partition coefficient (Wildman–Crippen LogP) is 2.33. The Kier molecular flexibility index (Phi) is 4.11. The van der Waals surface area contributed by atoms with Gasteiger partial charge in [-0.15, -0.1) is 0 Å². The molecule has 0 bridgehead atoms. The summed E-state index contributed by atoms with van der Waals surface area (Å²) in [6.45, 7) is 7.38. The third-order valence-corrected chi connectivity index (χ3v) is 3.54. The Balaban J connectivity index is 2.08. The summed E-state index contributed by atoms with van der Waals surface area (Å²) >= 11 is 0. The minimum absolute atomic E-state index is 0.0125. The molecule has 0 saturated heterocycles. The Morgan fingerprint density at radius 1 is 1.29 bits per heavy atom. The first-order valence-corrected chi connectivity index (χ1v) is 7.03. The minimum atomic E-state index is -0.446. The molecule has 112 valence electrons. The summed E-state index contributed by atoms with van der Waals surface area (Å²) in [7, 11) is 0. The average molecular weight is 287 g/mol. The molecule has 0 aliphatic rings. The summed E-state index contributed by atoms with van der Waals surface area (Å²) in [6.07, 6.45) is 1.65. The van der Waals surface area contributed by atoms with E-state index in [-0.39, 0.29) is 18.2 Å². The Labute approximate surface area is 124 Å². The van der Waals surface area contributed by atoms with Crippen LogP contribution in [0.2, 0.25) is 0 Å². The third kappa shape index (κ3) is 3.29. The van der Waals surface area contributed by atoms with Crippen LogP contribution in [0.15, 0.2) is 30.6 Å². The van der Waals surface area contributed by atoms with Crippen molar-refractivity contribution in [3.63, 3.8) is 0 Å². The largest absolute Gasteiger partial charge is 0.347 e. The molecule has 21 heavy (non-hydrogen) atoms. The molecule has 2 aromatic rings. The lowest BCUT2D eigenvalue weighted by atomic mass is 9.91. The number of imidazole rings is 1. The molecule has 0 fully saturated rings. The molecule has 0 aliphatic carbocycles. The summed E-state index contributed by atoms with van der Waals surface area (Å²) in [4.78, 5) is 28.3. The number of Topliss-reactive ketones (excluding diaryl/α,β-unsaturated/α-hetero) is 1. The van der Waals surface area contributed by atoms with Crippen molar-refractivity contribution in [3.8, 4) is 0 Å². The summed E-state index contributed by atoms with van der Waals surface area (Å²) in [6, 6.07) is 7.23. The van der Waals surface area contributed by atoms with Crippen LogP contribution in [0.5, 0.6) is 0 Å². The van der Waals surface area contributed by atoms with Crippen LogP contribution in [0, 0.1) is 5.41 Å². The van der Waals surface area contributed by atoms with Gasteiger partial charge in [0.05, 0.1) is 23.9 Å². The van der Waals surface area contributed by atoms with Gasteiger partial charge in [0.2, 0.25) is 5.91 Å². The predicted molar refractivity (Wildman–Crippen MR) is 81.9 cm³/mol. The van der Waals surface area contributed by atoms with Gasteiger partial charge in [-0.25, -0.2) is 4.98 Å². The van der Waals surface area contributed by atoms with E-state index >= 15 is 0 Å². The third-order valence-electron chi connectivity index (χ3n) is 3.54. The van der Waals surface area contributed by atoms with Crippen LogP contribution < -0.4 is 5.32 Å². The van der Waals surface area contributed by atoms with E-state index in [1.165, 1.54) is 0 Å². The smallest absolute Gasteiger partial charge is 0.243 e. The first kappa shape index (κ1) is 15.2. The second-order valence-corrected chi connectivity index (χ2v) is 6.21. The van der Waals surface area contributed by atoms with Crippen LogP contribution in [0.3, 0.4) is 0 Å². The lowest BCUT2D eigenvalue weighted by Gasteiger charge is -2.19. The SMILES string of the molecule is CC(C(=O)NCC(=O)C(C)(C)C)n1cnc2ccccc21. The molecule has 1 aromatic heterocycles. The van der Waals surface area contributed by atoms with E-state index in [0.717, 1.165) is 11.0 Å². The van der Waals surface area contributed by atoms with Crippen LogP contribution in [-0.2, 0) is 9.59 Å². The average Bonchev–Trinajstić information content (AvgIpc) is 2.86.